The van der Waals surface area contributed by atoms with Gasteiger partial charge in [0.15, 0.2) is 6.10 Å². The Morgan fingerprint density at radius 3 is 1.21 bits per heavy atom. The van der Waals surface area contributed by atoms with Gasteiger partial charge in [0.25, 0.3) is 0 Å². The molecule has 0 saturated heterocycles. The molecule has 0 aliphatic rings. The first-order valence-electron chi connectivity index (χ1n) is 12.5. The molecule has 0 aromatic carbocycles. The molecule has 0 heterocycles. The highest BCUT2D eigenvalue weighted by molar-refractivity contribution is 8.48. The molecule has 0 bridgehead atoms. The third kappa shape index (κ3) is 20.3. The van der Waals surface area contributed by atoms with Gasteiger partial charge in [0.05, 0.1) is 0 Å². The van der Waals surface area contributed by atoms with Gasteiger partial charge in [-0.1, -0.05) is 92.7 Å². The fourth-order valence-corrected chi connectivity index (χ4v) is 9.57. The molecule has 3 atom stereocenters. The summed E-state index contributed by atoms with van der Waals surface area (Å²) in [5.74, 6) is 1.12. The summed E-state index contributed by atoms with van der Waals surface area (Å²) < 4.78 is 18.4. The van der Waals surface area contributed by atoms with E-state index >= 15 is 0 Å². The average molecular weight is 711 g/mol. The average Bonchev–Trinajstić information content (AvgIpc) is 2.90. The monoisotopic (exact) mass is 710 g/mol. The molecule has 3 unspecified atom stereocenters. The number of hydrogen-bond acceptors (Lipinski definition) is 15. The largest absolute Gasteiger partial charge is 0.461 e. The lowest BCUT2D eigenvalue weighted by Crippen LogP contribution is -2.35. The minimum atomic E-state index is -0.970. The second kappa shape index (κ2) is 24.2. The van der Waals surface area contributed by atoms with Gasteiger partial charge in [-0.3, -0.25) is 14.4 Å². The molecule has 224 valence electrons. The quantitative estimate of drug-likeness (QED) is 0.0843. The van der Waals surface area contributed by atoms with Gasteiger partial charge in [0.1, 0.15) is 39.5 Å². The highest BCUT2D eigenvalue weighted by atomic mass is 32.2. The number of thioether (sulfide) groups is 6. The van der Waals surface area contributed by atoms with E-state index in [9.17, 15) is 14.4 Å². The SMILES string of the molecule is CCCSC(=S)SC(C)C(=O)OCC(COC(=O)C(C)SC(=S)SCCC)OC(=O)C(C)SC(=S)SCCC. The van der Waals surface area contributed by atoms with Gasteiger partial charge in [-0.05, 0) is 57.3 Å². The Balaban J connectivity index is 5.13. The molecule has 0 radical (unpaired) electrons. The molecule has 0 aliphatic carbocycles. The zero-order chi connectivity index (χ0) is 29.8. The van der Waals surface area contributed by atoms with Crippen LogP contribution in [0.1, 0.15) is 60.8 Å². The van der Waals surface area contributed by atoms with Crippen molar-refractivity contribution in [3.8, 4) is 0 Å². The Kier molecular flexibility index (Phi) is 24.7. The maximum atomic E-state index is 12.8. The molecule has 0 amide bonds. The van der Waals surface area contributed by atoms with Crippen molar-refractivity contribution in [2.24, 2.45) is 0 Å². The highest BCUT2D eigenvalue weighted by Crippen LogP contribution is 2.26. The lowest BCUT2D eigenvalue weighted by Gasteiger charge is -2.21. The van der Waals surface area contributed by atoms with Crippen LogP contribution < -0.4 is 0 Å². The number of esters is 3. The van der Waals surface area contributed by atoms with Crippen LogP contribution in [0.15, 0.2) is 0 Å². The Morgan fingerprint density at radius 1 is 0.590 bits per heavy atom. The molecule has 0 aromatic rings. The van der Waals surface area contributed by atoms with E-state index in [-0.39, 0.29) is 13.2 Å². The zero-order valence-corrected chi connectivity index (χ0v) is 30.4. The van der Waals surface area contributed by atoms with Crippen molar-refractivity contribution in [3.05, 3.63) is 0 Å². The molecular weight excluding hydrogens is 673 g/mol. The molecular formula is C24H38O6S9. The molecule has 6 nitrogen and oxygen atoms in total. The van der Waals surface area contributed by atoms with Gasteiger partial charge < -0.3 is 14.2 Å². The molecule has 39 heavy (non-hydrogen) atoms. The lowest BCUT2D eigenvalue weighted by molar-refractivity contribution is -0.165. The van der Waals surface area contributed by atoms with Crippen LogP contribution in [0.5, 0.6) is 0 Å². The summed E-state index contributed by atoms with van der Waals surface area (Å²) in [5.41, 5.74) is 0. The number of rotatable bonds is 17. The van der Waals surface area contributed by atoms with Crippen molar-refractivity contribution in [1.82, 2.24) is 0 Å². The number of carbonyl (C=O) groups is 3. The van der Waals surface area contributed by atoms with Crippen LogP contribution >= 0.6 is 107 Å². The number of thiocarbonyl (C=S) groups is 3. The van der Waals surface area contributed by atoms with Crippen LogP contribution in [0, 0.1) is 0 Å². The predicted octanol–water partition coefficient (Wildman–Crippen LogP) is 7.63. The summed E-state index contributed by atoms with van der Waals surface area (Å²) in [6, 6.07) is 0. The van der Waals surface area contributed by atoms with E-state index in [4.69, 9.17) is 50.9 Å². The van der Waals surface area contributed by atoms with E-state index in [0.717, 1.165) is 36.5 Å². The third-order valence-electron chi connectivity index (χ3n) is 4.19. The highest BCUT2D eigenvalue weighted by Gasteiger charge is 2.27. The standard InChI is InChI=1S/C24H38O6S9/c1-7-10-34-22(31)37-15(4)19(25)28-13-18(30-21(27)17(6)39-24(33)36-12-9-3)14-29-20(26)16(5)38-23(32)35-11-8-2/h15-18H,7-14H2,1-6H3. The lowest BCUT2D eigenvalue weighted by atomic mass is 10.3. The Labute approximate surface area is 275 Å². The van der Waals surface area contributed by atoms with Gasteiger partial charge >= 0.3 is 17.9 Å². The van der Waals surface area contributed by atoms with Crippen LogP contribution in [-0.2, 0) is 28.6 Å². The van der Waals surface area contributed by atoms with Gasteiger partial charge in [0.2, 0.25) is 0 Å². The Hall–Kier alpha value is 0.780. The summed E-state index contributed by atoms with van der Waals surface area (Å²) in [6.07, 6.45) is 1.97. The van der Waals surface area contributed by atoms with Crippen molar-refractivity contribution < 1.29 is 28.6 Å². The van der Waals surface area contributed by atoms with Crippen molar-refractivity contribution in [1.29, 1.82) is 0 Å². The molecule has 15 heteroatoms. The maximum absolute atomic E-state index is 12.8. The van der Waals surface area contributed by atoms with Gasteiger partial charge in [-0.25, -0.2) is 0 Å². The molecule has 0 N–H and O–H groups in total. The van der Waals surface area contributed by atoms with Gasteiger partial charge in [0, 0.05) is 0 Å². The topological polar surface area (TPSA) is 78.9 Å². The van der Waals surface area contributed by atoms with Crippen LogP contribution in [0.3, 0.4) is 0 Å². The van der Waals surface area contributed by atoms with Gasteiger partial charge in [-0.2, -0.15) is 0 Å². The minimum absolute atomic E-state index is 0.254. The zero-order valence-electron chi connectivity index (χ0n) is 23.1. The summed E-state index contributed by atoms with van der Waals surface area (Å²) in [4.78, 5) is 37.9. The van der Waals surface area contributed by atoms with Crippen molar-refractivity contribution in [2.45, 2.75) is 82.7 Å². The van der Waals surface area contributed by atoms with Crippen LogP contribution in [-0.4, -0.2) is 80.8 Å². The fraction of sp³-hybridized carbons (Fsp3) is 0.750. The summed E-state index contributed by atoms with van der Waals surface area (Å²) in [5, 5.41) is -1.62. The van der Waals surface area contributed by atoms with Crippen molar-refractivity contribution >= 4 is 136 Å². The third-order valence-corrected chi connectivity index (χ3v) is 12.8. The number of hydrogen-bond donors (Lipinski definition) is 0. The first kappa shape index (κ1) is 39.8. The predicted molar refractivity (Wildman–Crippen MR) is 189 cm³/mol. The minimum Gasteiger partial charge on any atom is -0.461 e. The van der Waals surface area contributed by atoms with Gasteiger partial charge in [-0.15, -0.1) is 35.3 Å². The first-order chi connectivity index (χ1) is 18.4. The van der Waals surface area contributed by atoms with E-state index < -0.39 is 39.8 Å². The van der Waals surface area contributed by atoms with E-state index in [1.165, 1.54) is 70.6 Å². The Morgan fingerprint density at radius 2 is 0.897 bits per heavy atom. The molecule has 0 saturated carbocycles. The smallest absolute Gasteiger partial charge is 0.319 e. The van der Waals surface area contributed by atoms with E-state index in [0.29, 0.717) is 10.6 Å². The van der Waals surface area contributed by atoms with Crippen LogP contribution in [0.25, 0.3) is 0 Å². The number of carbonyl (C=O) groups excluding carboxylic acids is 3. The van der Waals surface area contributed by atoms with Crippen molar-refractivity contribution in [3.63, 3.8) is 0 Å². The van der Waals surface area contributed by atoms with Crippen LogP contribution in [0.2, 0.25) is 0 Å². The van der Waals surface area contributed by atoms with Crippen LogP contribution in [0.4, 0.5) is 0 Å². The Bertz CT molecular complexity index is 767. The molecule has 0 aromatic heterocycles. The second-order valence-electron chi connectivity index (χ2n) is 7.89. The fourth-order valence-electron chi connectivity index (χ4n) is 2.20. The van der Waals surface area contributed by atoms with E-state index in [2.05, 4.69) is 20.8 Å². The maximum Gasteiger partial charge on any atom is 0.319 e. The molecule has 0 aliphatic heterocycles. The molecule has 0 fully saturated rings. The summed E-state index contributed by atoms with van der Waals surface area (Å²) >= 11 is 24.3. The molecule has 0 rings (SSSR count). The first-order valence-corrected chi connectivity index (χ1v) is 19.3. The van der Waals surface area contributed by atoms with Crippen molar-refractivity contribution in [2.75, 3.05) is 30.5 Å². The van der Waals surface area contributed by atoms with E-state index in [1.807, 2.05) is 0 Å². The second-order valence-corrected chi connectivity index (χ2v) is 18.8. The number of ether oxygens (including phenoxy) is 3. The normalized spacial score (nSPS) is 14.0. The summed E-state index contributed by atoms with van der Waals surface area (Å²) in [7, 11) is 0. The van der Waals surface area contributed by atoms with E-state index in [1.54, 1.807) is 20.8 Å². The summed E-state index contributed by atoms with van der Waals surface area (Å²) in [6.45, 7) is 10.8. The molecule has 0 spiro atoms.